The van der Waals surface area contributed by atoms with Gasteiger partial charge in [0, 0.05) is 32.1 Å². The molecule has 2 atom stereocenters. The van der Waals surface area contributed by atoms with Gasteiger partial charge in [-0.15, -0.1) is 12.4 Å². The van der Waals surface area contributed by atoms with Gasteiger partial charge >= 0.3 is 0 Å². The Balaban J connectivity index is 0.00000280. The zero-order chi connectivity index (χ0) is 19.2. The third-order valence-corrected chi connectivity index (χ3v) is 4.64. The fourth-order valence-corrected chi connectivity index (χ4v) is 3.29. The Labute approximate surface area is 171 Å². The lowest BCUT2D eigenvalue weighted by Gasteiger charge is -2.30. The zero-order valence-electron chi connectivity index (χ0n) is 16.5. The molecule has 1 saturated heterocycles. The Morgan fingerprint density at radius 1 is 1.46 bits per heavy atom. The number of hydrogen-bond donors (Lipinski definition) is 2. The largest absolute Gasteiger partial charge is 0.494 e. The maximum absolute atomic E-state index is 11.7. The summed E-state index contributed by atoms with van der Waals surface area (Å²) in [5.41, 5.74) is 0.894. The summed E-state index contributed by atoms with van der Waals surface area (Å²) in [7, 11) is 2.06. The lowest BCUT2D eigenvalue weighted by atomic mass is 10.0. The molecular formula is C19H28ClN5O3. The predicted octanol–water partition coefficient (Wildman–Crippen LogP) is 1.89. The minimum absolute atomic E-state index is 0. The molecule has 28 heavy (non-hydrogen) atoms. The number of piperazine rings is 1. The van der Waals surface area contributed by atoms with Crippen LogP contribution in [0.15, 0.2) is 28.8 Å². The van der Waals surface area contributed by atoms with Gasteiger partial charge in [0.15, 0.2) is 5.82 Å². The van der Waals surface area contributed by atoms with E-state index in [0.717, 1.165) is 30.9 Å². The number of para-hydroxylation sites is 1. The van der Waals surface area contributed by atoms with Crippen molar-refractivity contribution in [1.29, 1.82) is 0 Å². The lowest BCUT2D eigenvalue weighted by Crippen LogP contribution is -2.44. The normalized spacial score (nSPS) is 18.2. The Morgan fingerprint density at radius 3 is 2.96 bits per heavy atom. The molecule has 0 radical (unpaired) electrons. The Morgan fingerprint density at radius 2 is 2.25 bits per heavy atom. The third-order valence-electron chi connectivity index (χ3n) is 4.64. The van der Waals surface area contributed by atoms with Crippen molar-refractivity contribution in [3.8, 4) is 5.75 Å². The minimum Gasteiger partial charge on any atom is -0.494 e. The Hall–Kier alpha value is -2.16. The molecule has 154 valence electrons. The number of hydrogen-bond acceptors (Lipinski definition) is 7. The van der Waals surface area contributed by atoms with Crippen LogP contribution >= 0.6 is 12.4 Å². The number of amides is 1. The first-order valence-electron chi connectivity index (χ1n) is 9.30. The van der Waals surface area contributed by atoms with Gasteiger partial charge in [0.1, 0.15) is 5.75 Å². The van der Waals surface area contributed by atoms with Crippen molar-refractivity contribution in [2.75, 3.05) is 33.3 Å². The van der Waals surface area contributed by atoms with Crippen LogP contribution in [0.3, 0.4) is 0 Å². The van der Waals surface area contributed by atoms with Crippen LogP contribution in [0, 0.1) is 0 Å². The molecule has 1 aromatic carbocycles. The van der Waals surface area contributed by atoms with Crippen molar-refractivity contribution in [2.45, 2.75) is 32.4 Å². The van der Waals surface area contributed by atoms with Crippen molar-refractivity contribution in [3.63, 3.8) is 0 Å². The second-order valence-corrected chi connectivity index (χ2v) is 6.67. The second kappa shape index (κ2) is 10.4. The van der Waals surface area contributed by atoms with E-state index in [1.165, 1.54) is 6.92 Å². The SMILES string of the molecule is CCOc1ccccc1C(Cc1nc(C2CNCCN2C)no1)NC(C)=O.Cl. The van der Waals surface area contributed by atoms with Crippen molar-refractivity contribution in [1.82, 2.24) is 25.7 Å². The molecule has 0 aliphatic carbocycles. The number of likely N-dealkylation sites (N-methyl/N-ethyl adjacent to an activating group) is 1. The topological polar surface area (TPSA) is 92.5 Å². The number of halogens is 1. The number of ether oxygens (including phenoxy) is 1. The molecule has 1 aromatic heterocycles. The van der Waals surface area contributed by atoms with E-state index in [1.807, 2.05) is 31.2 Å². The van der Waals surface area contributed by atoms with E-state index in [9.17, 15) is 4.79 Å². The molecule has 2 unspecified atom stereocenters. The van der Waals surface area contributed by atoms with Crippen LogP contribution in [0.5, 0.6) is 5.75 Å². The maximum Gasteiger partial charge on any atom is 0.229 e. The molecule has 1 fully saturated rings. The molecule has 2 N–H and O–H groups in total. The zero-order valence-corrected chi connectivity index (χ0v) is 17.3. The lowest BCUT2D eigenvalue weighted by molar-refractivity contribution is -0.119. The van der Waals surface area contributed by atoms with Crippen LogP contribution in [0.4, 0.5) is 0 Å². The van der Waals surface area contributed by atoms with Gasteiger partial charge in [0.05, 0.1) is 25.1 Å². The minimum atomic E-state index is -0.305. The highest BCUT2D eigenvalue weighted by Gasteiger charge is 2.27. The van der Waals surface area contributed by atoms with Crippen LogP contribution in [-0.4, -0.2) is 54.2 Å². The van der Waals surface area contributed by atoms with Crippen LogP contribution in [0.2, 0.25) is 0 Å². The first kappa shape index (κ1) is 22.1. The highest BCUT2D eigenvalue weighted by Crippen LogP contribution is 2.28. The van der Waals surface area contributed by atoms with Gasteiger partial charge in [0.2, 0.25) is 11.8 Å². The highest BCUT2D eigenvalue weighted by molar-refractivity contribution is 5.85. The number of carbonyl (C=O) groups excluding carboxylic acids is 1. The summed E-state index contributed by atoms with van der Waals surface area (Å²) >= 11 is 0. The molecule has 0 bridgehead atoms. The molecule has 1 amide bonds. The average molecular weight is 410 g/mol. The molecule has 0 saturated carbocycles. The fourth-order valence-electron chi connectivity index (χ4n) is 3.29. The molecular weight excluding hydrogens is 382 g/mol. The van der Waals surface area contributed by atoms with E-state index in [2.05, 4.69) is 32.7 Å². The number of nitrogens with one attached hydrogen (secondary N) is 2. The van der Waals surface area contributed by atoms with Crippen molar-refractivity contribution in [2.24, 2.45) is 0 Å². The molecule has 8 nitrogen and oxygen atoms in total. The van der Waals surface area contributed by atoms with E-state index >= 15 is 0 Å². The smallest absolute Gasteiger partial charge is 0.229 e. The van der Waals surface area contributed by atoms with Crippen molar-refractivity contribution < 1.29 is 14.1 Å². The number of benzene rings is 1. The Bertz CT molecular complexity index is 770. The van der Waals surface area contributed by atoms with E-state index < -0.39 is 0 Å². The van der Waals surface area contributed by atoms with Crippen LogP contribution < -0.4 is 15.4 Å². The summed E-state index contributed by atoms with van der Waals surface area (Å²) in [6, 6.07) is 7.47. The quantitative estimate of drug-likeness (QED) is 0.721. The summed E-state index contributed by atoms with van der Waals surface area (Å²) in [5, 5.41) is 10.5. The Kier molecular flexibility index (Phi) is 8.22. The van der Waals surface area contributed by atoms with E-state index in [4.69, 9.17) is 9.26 Å². The van der Waals surface area contributed by atoms with E-state index in [-0.39, 0.29) is 30.4 Å². The molecule has 0 spiro atoms. The van der Waals surface area contributed by atoms with Gasteiger partial charge in [-0.05, 0) is 20.0 Å². The highest BCUT2D eigenvalue weighted by atomic mass is 35.5. The average Bonchev–Trinajstić information content (AvgIpc) is 3.10. The molecule has 1 aliphatic rings. The summed E-state index contributed by atoms with van der Waals surface area (Å²) < 4.78 is 11.2. The summed E-state index contributed by atoms with van der Waals surface area (Å²) in [5.74, 6) is 1.78. The molecule has 1 aliphatic heterocycles. The first-order valence-corrected chi connectivity index (χ1v) is 9.30. The molecule has 2 aromatic rings. The van der Waals surface area contributed by atoms with E-state index in [0.29, 0.717) is 24.7 Å². The van der Waals surface area contributed by atoms with Gasteiger partial charge in [-0.25, -0.2) is 0 Å². The molecule has 3 rings (SSSR count). The number of nitrogens with zero attached hydrogens (tertiary/aromatic N) is 3. The number of carbonyl (C=O) groups is 1. The standard InChI is InChI=1S/C19H27N5O3.ClH/c1-4-26-17-8-6-5-7-14(17)15(21-13(2)25)11-18-22-19(23-27-18)16-12-20-9-10-24(16)3;/h5-8,15-16,20H,4,9-12H2,1-3H3,(H,21,25);1H. The van der Waals surface area contributed by atoms with Crippen LogP contribution in [-0.2, 0) is 11.2 Å². The summed E-state index contributed by atoms with van der Waals surface area (Å²) in [6.07, 6.45) is 0.403. The van der Waals surface area contributed by atoms with Crippen molar-refractivity contribution in [3.05, 3.63) is 41.5 Å². The number of aromatic nitrogens is 2. The van der Waals surface area contributed by atoms with Gasteiger partial charge in [-0.2, -0.15) is 4.98 Å². The predicted molar refractivity (Wildman–Crippen MR) is 108 cm³/mol. The maximum atomic E-state index is 11.7. The van der Waals surface area contributed by atoms with Crippen LogP contribution in [0.25, 0.3) is 0 Å². The van der Waals surface area contributed by atoms with Crippen molar-refractivity contribution >= 4 is 18.3 Å². The van der Waals surface area contributed by atoms with Gasteiger partial charge in [-0.1, -0.05) is 23.4 Å². The third kappa shape index (κ3) is 5.43. The monoisotopic (exact) mass is 409 g/mol. The van der Waals surface area contributed by atoms with Gasteiger partial charge < -0.3 is 19.9 Å². The second-order valence-electron chi connectivity index (χ2n) is 6.67. The summed E-state index contributed by atoms with van der Waals surface area (Å²) in [4.78, 5) is 18.5. The van der Waals surface area contributed by atoms with E-state index in [1.54, 1.807) is 0 Å². The first-order chi connectivity index (χ1) is 13.1. The van der Waals surface area contributed by atoms with Gasteiger partial charge in [-0.3, -0.25) is 9.69 Å². The molecule has 2 heterocycles. The van der Waals surface area contributed by atoms with Gasteiger partial charge in [0.25, 0.3) is 0 Å². The molecule has 9 heteroatoms. The number of rotatable bonds is 7. The fraction of sp³-hybridized carbons (Fsp3) is 0.526. The summed E-state index contributed by atoms with van der Waals surface area (Å²) in [6.45, 7) is 6.66. The van der Waals surface area contributed by atoms with Crippen LogP contribution in [0.1, 0.15) is 43.2 Å².